The van der Waals surface area contributed by atoms with Gasteiger partial charge in [0.2, 0.25) is 11.8 Å². The quantitative estimate of drug-likeness (QED) is 0.884. The number of benzene rings is 1. The summed E-state index contributed by atoms with van der Waals surface area (Å²) in [6, 6.07) is 7.43. The third kappa shape index (κ3) is 3.94. The Bertz CT molecular complexity index is 746. The lowest BCUT2D eigenvalue weighted by Crippen LogP contribution is -2.30. The number of anilines is 1. The average molecular weight is 345 g/mol. The molecule has 0 saturated carbocycles. The molecule has 0 bridgehead atoms. The van der Waals surface area contributed by atoms with E-state index in [1.54, 1.807) is 6.33 Å². The van der Waals surface area contributed by atoms with Gasteiger partial charge < -0.3 is 10.6 Å². The summed E-state index contributed by atoms with van der Waals surface area (Å²) in [6.45, 7) is 2.21. The molecule has 1 aliphatic heterocycles. The van der Waals surface area contributed by atoms with Crippen molar-refractivity contribution < 1.29 is 9.59 Å². The first kappa shape index (κ1) is 16.5. The average Bonchev–Trinajstić information content (AvgIpc) is 2.91. The van der Waals surface area contributed by atoms with Crippen molar-refractivity contribution in [2.75, 3.05) is 11.9 Å². The Kier molecular flexibility index (Phi) is 5.14. The van der Waals surface area contributed by atoms with Crippen LogP contribution in [-0.2, 0) is 9.59 Å². The molecule has 126 valence electrons. The fourth-order valence-electron chi connectivity index (χ4n) is 2.57. The number of rotatable bonds is 4. The SMILES string of the molecule is CC(=O)Nc1cccc(-n2cnnc2SC2CCCCNC2=O)c1. The largest absolute Gasteiger partial charge is 0.355 e. The van der Waals surface area contributed by atoms with Crippen molar-refractivity contribution in [1.82, 2.24) is 20.1 Å². The third-order valence-electron chi connectivity index (χ3n) is 3.69. The van der Waals surface area contributed by atoms with Gasteiger partial charge in [-0.15, -0.1) is 10.2 Å². The molecule has 1 aromatic heterocycles. The summed E-state index contributed by atoms with van der Waals surface area (Å²) < 4.78 is 1.83. The van der Waals surface area contributed by atoms with Gasteiger partial charge in [0.25, 0.3) is 0 Å². The Hall–Kier alpha value is -2.35. The molecule has 2 amide bonds. The second-order valence-corrected chi connectivity index (χ2v) is 6.78. The van der Waals surface area contributed by atoms with Crippen LogP contribution < -0.4 is 10.6 Å². The van der Waals surface area contributed by atoms with Crippen LogP contribution in [0.5, 0.6) is 0 Å². The van der Waals surface area contributed by atoms with Crippen LogP contribution in [0.25, 0.3) is 5.69 Å². The highest BCUT2D eigenvalue weighted by Gasteiger charge is 2.24. The highest BCUT2D eigenvalue weighted by Crippen LogP contribution is 2.28. The molecule has 1 aromatic carbocycles. The lowest BCUT2D eigenvalue weighted by atomic mass is 10.2. The number of hydrogen-bond donors (Lipinski definition) is 2. The van der Waals surface area contributed by atoms with Crippen molar-refractivity contribution in [1.29, 1.82) is 0 Å². The second kappa shape index (κ2) is 7.48. The minimum Gasteiger partial charge on any atom is -0.355 e. The van der Waals surface area contributed by atoms with Gasteiger partial charge in [-0.3, -0.25) is 14.2 Å². The normalized spacial score (nSPS) is 17.9. The third-order valence-corrected chi connectivity index (χ3v) is 4.92. The van der Waals surface area contributed by atoms with Gasteiger partial charge in [0.15, 0.2) is 5.16 Å². The van der Waals surface area contributed by atoms with E-state index in [1.807, 2.05) is 28.8 Å². The van der Waals surface area contributed by atoms with Gasteiger partial charge in [-0.1, -0.05) is 24.2 Å². The predicted octanol–water partition coefficient (Wildman–Crippen LogP) is 1.99. The van der Waals surface area contributed by atoms with Gasteiger partial charge >= 0.3 is 0 Å². The number of thioether (sulfide) groups is 1. The highest BCUT2D eigenvalue weighted by atomic mass is 32.2. The summed E-state index contributed by atoms with van der Waals surface area (Å²) >= 11 is 1.42. The number of amides is 2. The standard InChI is InChI=1S/C16H19N5O2S/c1-11(22)19-12-5-4-6-13(9-12)21-10-18-20-16(21)24-14-7-2-3-8-17-15(14)23/h4-6,9-10,14H,2-3,7-8H2,1H3,(H,17,23)(H,19,22). The van der Waals surface area contributed by atoms with Crippen molar-refractivity contribution in [3.8, 4) is 5.69 Å². The van der Waals surface area contributed by atoms with E-state index in [0.717, 1.165) is 31.5 Å². The molecule has 1 fully saturated rings. The van der Waals surface area contributed by atoms with E-state index in [4.69, 9.17) is 0 Å². The smallest absolute Gasteiger partial charge is 0.233 e. The molecule has 7 nitrogen and oxygen atoms in total. The van der Waals surface area contributed by atoms with Gasteiger partial charge in [0.1, 0.15) is 6.33 Å². The van der Waals surface area contributed by atoms with Crippen molar-refractivity contribution in [3.05, 3.63) is 30.6 Å². The molecule has 1 unspecified atom stereocenters. The zero-order valence-electron chi connectivity index (χ0n) is 13.4. The highest BCUT2D eigenvalue weighted by molar-refractivity contribution is 8.00. The first-order chi connectivity index (χ1) is 11.6. The van der Waals surface area contributed by atoms with Crippen LogP contribution >= 0.6 is 11.8 Å². The van der Waals surface area contributed by atoms with Gasteiger partial charge in [0.05, 0.1) is 10.9 Å². The summed E-state index contributed by atoms with van der Waals surface area (Å²) in [5, 5.41) is 14.3. The molecule has 1 aliphatic rings. The Balaban J connectivity index is 1.82. The van der Waals surface area contributed by atoms with Crippen molar-refractivity contribution >= 4 is 29.3 Å². The van der Waals surface area contributed by atoms with Crippen molar-refractivity contribution in [2.45, 2.75) is 36.6 Å². The molecule has 2 aromatic rings. The topological polar surface area (TPSA) is 88.9 Å². The molecule has 8 heteroatoms. The molecule has 24 heavy (non-hydrogen) atoms. The van der Waals surface area contributed by atoms with Crippen molar-refractivity contribution in [3.63, 3.8) is 0 Å². The van der Waals surface area contributed by atoms with E-state index in [2.05, 4.69) is 20.8 Å². The first-order valence-corrected chi connectivity index (χ1v) is 8.74. The molecule has 2 heterocycles. The Morgan fingerprint density at radius 3 is 3.12 bits per heavy atom. The molecular formula is C16H19N5O2S. The number of carbonyl (C=O) groups is 2. The number of carbonyl (C=O) groups excluding carboxylic acids is 2. The van der Waals surface area contributed by atoms with Crippen LogP contribution in [0.2, 0.25) is 0 Å². The summed E-state index contributed by atoms with van der Waals surface area (Å²) in [5.74, 6) is -0.0697. The van der Waals surface area contributed by atoms with E-state index in [1.165, 1.54) is 18.7 Å². The van der Waals surface area contributed by atoms with Crippen LogP contribution in [0.3, 0.4) is 0 Å². The molecule has 0 aliphatic carbocycles. The monoisotopic (exact) mass is 345 g/mol. The second-order valence-electron chi connectivity index (χ2n) is 5.61. The maximum Gasteiger partial charge on any atom is 0.233 e. The maximum absolute atomic E-state index is 12.1. The van der Waals surface area contributed by atoms with Gasteiger partial charge in [-0.25, -0.2) is 0 Å². The lowest BCUT2D eigenvalue weighted by Gasteiger charge is -2.13. The predicted molar refractivity (Wildman–Crippen MR) is 92.2 cm³/mol. The summed E-state index contributed by atoms with van der Waals surface area (Å²) in [5.41, 5.74) is 1.54. The van der Waals surface area contributed by atoms with E-state index in [0.29, 0.717) is 10.8 Å². The van der Waals surface area contributed by atoms with Crippen LogP contribution in [0, 0.1) is 0 Å². The number of aromatic nitrogens is 3. The van der Waals surface area contributed by atoms with E-state index < -0.39 is 0 Å². The Labute approximate surface area is 144 Å². The molecule has 0 spiro atoms. The minimum atomic E-state index is -0.158. The molecular weight excluding hydrogens is 326 g/mol. The fourth-order valence-corrected chi connectivity index (χ4v) is 3.66. The zero-order valence-corrected chi connectivity index (χ0v) is 14.2. The van der Waals surface area contributed by atoms with Crippen LogP contribution in [-0.4, -0.2) is 38.4 Å². The van der Waals surface area contributed by atoms with E-state index in [9.17, 15) is 9.59 Å². The molecule has 2 N–H and O–H groups in total. The number of nitrogens with one attached hydrogen (secondary N) is 2. The Morgan fingerprint density at radius 2 is 2.29 bits per heavy atom. The zero-order chi connectivity index (χ0) is 16.9. The fraction of sp³-hybridized carbons (Fsp3) is 0.375. The summed E-state index contributed by atoms with van der Waals surface area (Å²) in [6.07, 6.45) is 4.47. The van der Waals surface area contributed by atoms with Crippen molar-refractivity contribution in [2.24, 2.45) is 0 Å². The molecule has 3 rings (SSSR count). The number of nitrogens with zero attached hydrogens (tertiary/aromatic N) is 3. The van der Waals surface area contributed by atoms with Crippen LogP contribution in [0.1, 0.15) is 26.2 Å². The van der Waals surface area contributed by atoms with Gasteiger partial charge in [-0.2, -0.15) is 0 Å². The minimum absolute atomic E-state index is 0.0547. The molecule has 1 saturated heterocycles. The maximum atomic E-state index is 12.1. The summed E-state index contributed by atoms with van der Waals surface area (Å²) in [4.78, 5) is 23.3. The van der Waals surface area contributed by atoms with Crippen LogP contribution in [0.4, 0.5) is 5.69 Å². The summed E-state index contributed by atoms with van der Waals surface area (Å²) in [7, 11) is 0. The van der Waals surface area contributed by atoms with Gasteiger partial charge in [0, 0.05) is 19.2 Å². The van der Waals surface area contributed by atoms with E-state index >= 15 is 0 Å². The molecule has 0 radical (unpaired) electrons. The van der Waals surface area contributed by atoms with E-state index in [-0.39, 0.29) is 17.1 Å². The van der Waals surface area contributed by atoms with Crippen LogP contribution in [0.15, 0.2) is 35.7 Å². The molecule has 1 atom stereocenters. The first-order valence-electron chi connectivity index (χ1n) is 7.86. The van der Waals surface area contributed by atoms with Gasteiger partial charge in [-0.05, 0) is 31.0 Å². The Morgan fingerprint density at radius 1 is 1.42 bits per heavy atom. The lowest BCUT2D eigenvalue weighted by molar-refractivity contribution is -0.120. The number of hydrogen-bond acceptors (Lipinski definition) is 5.